The number of halogens is 1. The Bertz CT molecular complexity index is 493. The zero-order valence-electron chi connectivity index (χ0n) is 11.0. The van der Waals surface area contributed by atoms with E-state index in [-0.39, 0.29) is 0 Å². The van der Waals surface area contributed by atoms with Gasteiger partial charge >= 0.3 is 0 Å². The Hall–Kier alpha value is -0.580. The Morgan fingerprint density at radius 3 is 2.26 bits per heavy atom. The highest BCUT2D eigenvalue weighted by atomic mass is 35.5. The zero-order chi connectivity index (χ0) is 13.7. The molecule has 1 aliphatic heterocycles. The molecule has 0 unspecified atom stereocenters. The number of alkyl halides is 1. The van der Waals surface area contributed by atoms with Crippen molar-refractivity contribution in [1.29, 1.82) is 0 Å². The lowest BCUT2D eigenvalue weighted by Gasteiger charge is -2.25. The van der Waals surface area contributed by atoms with Gasteiger partial charge in [-0.25, -0.2) is 8.42 Å². The Morgan fingerprint density at radius 1 is 1.05 bits per heavy atom. The summed E-state index contributed by atoms with van der Waals surface area (Å²) < 4.78 is 26.4. The number of hydrogen-bond acceptors (Lipinski definition) is 2. The van der Waals surface area contributed by atoms with Crippen molar-refractivity contribution in [2.75, 3.05) is 19.0 Å². The van der Waals surface area contributed by atoms with Crippen molar-refractivity contribution < 1.29 is 8.42 Å². The summed E-state index contributed by atoms with van der Waals surface area (Å²) in [6, 6.07) is 7.22. The molecule has 1 fully saturated rings. The molecule has 0 atom stereocenters. The van der Waals surface area contributed by atoms with Crippen molar-refractivity contribution in [3.05, 3.63) is 29.8 Å². The zero-order valence-corrected chi connectivity index (χ0v) is 12.6. The molecular weight excluding hydrogens is 282 g/mol. The SMILES string of the molecule is O=S(=O)(c1ccc(CCCCl)cc1)N1CCCCC1. The molecule has 1 aromatic rings. The second-order valence-electron chi connectivity index (χ2n) is 4.90. The molecule has 0 saturated carbocycles. The van der Waals surface area contributed by atoms with Gasteiger partial charge < -0.3 is 0 Å². The number of benzene rings is 1. The van der Waals surface area contributed by atoms with Gasteiger partial charge in [-0.3, -0.25) is 0 Å². The fourth-order valence-corrected chi connectivity index (χ4v) is 4.00. The first-order valence-electron chi connectivity index (χ1n) is 6.79. The maximum Gasteiger partial charge on any atom is 0.243 e. The standard InChI is InChI=1S/C14H20ClNO2S/c15-10-4-5-13-6-8-14(9-7-13)19(17,18)16-11-2-1-3-12-16/h6-9H,1-5,10-12H2. The topological polar surface area (TPSA) is 37.4 Å². The third kappa shape index (κ3) is 3.71. The van der Waals surface area contributed by atoms with Gasteiger partial charge in [0, 0.05) is 19.0 Å². The van der Waals surface area contributed by atoms with Gasteiger partial charge in [0.25, 0.3) is 0 Å². The summed E-state index contributed by atoms with van der Waals surface area (Å²) in [4.78, 5) is 0.407. The number of nitrogens with zero attached hydrogens (tertiary/aromatic N) is 1. The normalized spacial score (nSPS) is 17.5. The predicted molar refractivity (Wildman–Crippen MR) is 78.1 cm³/mol. The van der Waals surface area contributed by atoms with E-state index in [0.29, 0.717) is 23.9 Å². The van der Waals surface area contributed by atoms with Crippen molar-refractivity contribution in [3.63, 3.8) is 0 Å². The molecule has 0 aromatic heterocycles. The summed E-state index contributed by atoms with van der Waals surface area (Å²) in [5.74, 6) is 0.633. The highest BCUT2D eigenvalue weighted by Crippen LogP contribution is 2.21. The van der Waals surface area contributed by atoms with E-state index in [1.807, 2.05) is 12.1 Å². The van der Waals surface area contributed by atoms with Crippen molar-refractivity contribution in [1.82, 2.24) is 4.31 Å². The number of hydrogen-bond donors (Lipinski definition) is 0. The van der Waals surface area contributed by atoms with E-state index in [2.05, 4.69) is 0 Å². The van der Waals surface area contributed by atoms with Gasteiger partial charge in [0.2, 0.25) is 10.0 Å². The van der Waals surface area contributed by atoms with Crippen LogP contribution in [0.5, 0.6) is 0 Å². The van der Waals surface area contributed by atoms with Crippen molar-refractivity contribution >= 4 is 21.6 Å². The molecule has 0 bridgehead atoms. The molecule has 0 spiro atoms. The lowest BCUT2D eigenvalue weighted by molar-refractivity contribution is 0.346. The monoisotopic (exact) mass is 301 g/mol. The molecule has 1 heterocycles. The van der Waals surface area contributed by atoms with Crippen LogP contribution in [0.4, 0.5) is 0 Å². The highest BCUT2D eigenvalue weighted by molar-refractivity contribution is 7.89. The molecule has 1 saturated heterocycles. The van der Waals surface area contributed by atoms with Crippen LogP contribution in [0.25, 0.3) is 0 Å². The quantitative estimate of drug-likeness (QED) is 0.784. The molecule has 1 aromatic carbocycles. The first-order chi connectivity index (χ1) is 9.14. The average Bonchev–Trinajstić information content (AvgIpc) is 2.46. The fraction of sp³-hybridized carbons (Fsp3) is 0.571. The third-order valence-electron chi connectivity index (χ3n) is 3.48. The van der Waals surface area contributed by atoms with Crippen LogP contribution in [0.1, 0.15) is 31.2 Å². The first-order valence-corrected chi connectivity index (χ1v) is 8.77. The average molecular weight is 302 g/mol. The minimum Gasteiger partial charge on any atom is -0.207 e. The molecule has 0 aliphatic carbocycles. The second kappa shape index (κ2) is 6.73. The molecular formula is C14H20ClNO2S. The van der Waals surface area contributed by atoms with E-state index in [0.717, 1.165) is 37.7 Å². The highest BCUT2D eigenvalue weighted by Gasteiger charge is 2.25. The summed E-state index contributed by atoms with van der Waals surface area (Å²) in [6.45, 7) is 1.30. The summed E-state index contributed by atoms with van der Waals surface area (Å²) in [5, 5.41) is 0. The molecule has 3 nitrogen and oxygen atoms in total. The van der Waals surface area contributed by atoms with Crippen molar-refractivity contribution in [2.24, 2.45) is 0 Å². The smallest absolute Gasteiger partial charge is 0.207 e. The molecule has 1 aliphatic rings. The van der Waals surface area contributed by atoms with E-state index >= 15 is 0 Å². The Kier molecular flexibility index (Phi) is 5.25. The Balaban J connectivity index is 2.11. The molecule has 0 radical (unpaired) electrons. The van der Waals surface area contributed by atoms with E-state index < -0.39 is 10.0 Å². The van der Waals surface area contributed by atoms with Crippen molar-refractivity contribution in [2.45, 2.75) is 37.0 Å². The van der Waals surface area contributed by atoms with Gasteiger partial charge in [0.05, 0.1) is 4.90 Å². The minimum atomic E-state index is -3.29. The molecule has 0 N–H and O–H groups in total. The van der Waals surface area contributed by atoms with Crippen LogP contribution in [-0.2, 0) is 16.4 Å². The fourth-order valence-electron chi connectivity index (χ4n) is 2.35. The van der Waals surface area contributed by atoms with Gasteiger partial charge in [-0.1, -0.05) is 18.6 Å². The lowest BCUT2D eigenvalue weighted by Crippen LogP contribution is -2.35. The van der Waals surface area contributed by atoms with Crippen LogP contribution < -0.4 is 0 Å². The van der Waals surface area contributed by atoms with Gasteiger partial charge in [-0.05, 0) is 43.4 Å². The third-order valence-corrected chi connectivity index (χ3v) is 5.66. The van der Waals surface area contributed by atoms with E-state index in [1.54, 1.807) is 16.4 Å². The Labute approximate surface area is 120 Å². The van der Waals surface area contributed by atoms with Crippen LogP contribution in [0.15, 0.2) is 29.2 Å². The van der Waals surface area contributed by atoms with Gasteiger partial charge in [0.15, 0.2) is 0 Å². The molecule has 106 valence electrons. The number of piperidine rings is 1. The number of sulfonamides is 1. The number of aryl methyl sites for hydroxylation is 1. The van der Waals surface area contributed by atoms with Crippen LogP contribution in [0, 0.1) is 0 Å². The van der Waals surface area contributed by atoms with Crippen LogP contribution in [0.3, 0.4) is 0 Å². The molecule has 19 heavy (non-hydrogen) atoms. The van der Waals surface area contributed by atoms with Crippen LogP contribution >= 0.6 is 11.6 Å². The maximum absolute atomic E-state index is 12.4. The maximum atomic E-state index is 12.4. The summed E-state index contributed by atoms with van der Waals surface area (Å²) in [5.41, 5.74) is 1.14. The molecule has 5 heteroatoms. The van der Waals surface area contributed by atoms with E-state index in [9.17, 15) is 8.42 Å². The van der Waals surface area contributed by atoms with Crippen LogP contribution in [-0.4, -0.2) is 31.7 Å². The van der Waals surface area contributed by atoms with Gasteiger partial charge in [0.1, 0.15) is 0 Å². The van der Waals surface area contributed by atoms with Crippen molar-refractivity contribution in [3.8, 4) is 0 Å². The Morgan fingerprint density at radius 2 is 1.68 bits per heavy atom. The van der Waals surface area contributed by atoms with E-state index in [1.165, 1.54) is 0 Å². The largest absolute Gasteiger partial charge is 0.243 e. The molecule has 0 amide bonds. The van der Waals surface area contributed by atoms with E-state index in [4.69, 9.17) is 11.6 Å². The lowest BCUT2D eigenvalue weighted by atomic mass is 10.1. The second-order valence-corrected chi connectivity index (χ2v) is 7.22. The van der Waals surface area contributed by atoms with Crippen LogP contribution in [0.2, 0.25) is 0 Å². The molecule has 2 rings (SSSR count). The number of rotatable bonds is 5. The minimum absolute atomic E-state index is 0.407. The summed E-state index contributed by atoms with van der Waals surface area (Å²) in [6.07, 6.45) is 4.87. The summed E-state index contributed by atoms with van der Waals surface area (Å²) >= 11 is 5.65. The predicted octanol–water partition coefficient (Wildman–Crippen LogP) is 3.03. The summed E-state index contributed by atoms with van der Waals surface area (Å²) in [7, 11) is -3.29. The van der Waals surface area contributed by atoms with Gasteiger partial charge in [-0.15, -0.1) is 11.6 Å². The van der Waals surface area contributed by atoms with Gasteiger partial charge in [-0.2, -0.15) is 4.31 Å². The first kappa shape index (κ1) is 14.8.